The number of hydrogen-bond donors (Lipinski definition) is 1. The van der Waals surface area contributed by atoms with Gasteiger partial charge in [0.25, 0.3) is 0 Å². The van der Waals surface area contributed by atoms with Gasteiger partial charge >= 0.3 is 0 Å². The van der Waals surface area contributed by atoms with Crippen LogP contribution in [0.1, 0.15) is 44.7 Å². The van der Waals surface area contributed by atoms with Crippen LogP contribution in [0.15, 0.2) is 29.6 Å². The zero-order chi connectivity index (χ0) is 13.4. The summed E-state index contributed by atoms with van der Waals surface area (Å²) in [5, 5.41) is 3.64. The Morgan fingerprint density at radius 2 is 1.79 bits per heavy atom. The van der Waals surface area contributed by atoms with Crippen LogP contribution in [-0.4, -0.2) is 0 Å². The Balaban J connectivity index is 1.89. The third-order valence-electron chi connectivity index (χ3n) is 4.59. The average Bonchev–Trinajstić information content (AvgIpc) is 2.80. The fourth-order valence-electron chi connectivity index (χ4n) is 3.81. The Morgan fingerprint density at radius 3 is 2.53 bits per heavy atom. The highest BCUT2D eigenvalue weighted by molar-refractivity contribution is 7.17. The summed E-state index contributed by atoms with van der Waals surface area (Å²) in [5.41, 5.74) is 7.98. The second kappa shape index (κ2) is 5.26. The first-order valence-corrected chi connectivity index (χ1v) is 8.25. The molecule has 1 aliphatic carbocycles. The summed E-state index contributed by atoms with van der Waals surface area (Å²) in [6, 6.07) is 8.86. The van der Waals surface area contributed by atoms with Crippen LogP contribution in [0.2, 0.25) is 0 Å². The summed E-state index contributed by atoms with van der Waals surface area (Å²) in [4.78, 5) is 0. The first kappa shape index (κ1) is 13.1. The van der Waals surface area contributed by atoms with E-state index in [1.165, 1.54) is 34.9 Å². The maximum atomic E-state index is 6.61. The van der Waals surface area contributed by atoms with Gasteiger partial charge in [0.05, 0.1) is 0 Å². The van der Waals surface area contributed by atoms with Gasteiger partial charge < -0.3 is 5.73 Å². The van der Waals surface area contributed by atoms with Crippen molar-refractivity contribution in [2.45, 2.75) is 39.2 Å². The second-order valence-corrected chi connectivity index (χ2v) is 7.30. The predicted octanol–water partition coefficient (Wildman–Crippen LogP) is 4.97. The first-order valence-electron chi connectivity index (χ1n) is 7.37. The summed E-state index contributed by atoms with van der Waals surface area (Å²) in [5.74, 6) is 2.30. The quantitative estimate of drug-likeness (QED) is 0.821. The lowest BCUT2D eigenvalue weighted by molar-refractivity contribution is 0.194. The van der Waals surface area contributed by atoms with E-state index in [0.717, 1.165) is 11.8 Å². The molecule has 3 rings (SSSR count). The highest BCUT2D eigenvalue weighted by Gasteiger charge is 2.29. The minimum absolute atomic E-state index is 0.210. The number of fused-ring (bicyclic) bond motifs is 1. The SMILES string of the molecule is CC1CC(C)CC(C(N)c2csc3ccccc23)C1. The van der Waals surface area contributed by atoms with Crippen LogP contribution in [0.4, 0.5) is 0 Å². The van der Waals surface area contributed by atoms with E-state index in [9.17, 15) is 0 Å². The molecule has 2 heteroatoms. The molecule has 1 heterocycles. The van der Waals surface area contributed by atoms with Crippen molar-refractivity contribution >= 4 is 21.4 Å². The Kier molecular flexibility index (Phi) is 3.64. The van der Waals surface area contributed by atoms with Gasteiger partial charge in [-0.3, -0.25) is 0 Å². The molecule has 2 N–H and O–H groups in total. The smallest absolute Gasteiger partial charge is 0.0346 e. The molecule has 0 aliphatic heterocycles. The van der Waals surface area contributed by atoms with Gasteiger partial charge in [0.15, 0.2) is 0 Å². The highest BCUT2D eigenvalue weighted by Crippen LogP contribution is 2.41. The lowest BCUT2D eigenvalue weighted by atomic mass is 9.72. The standard InChI is InChI=1S/C17H23NS/c1-11-7-12(2)9-13(8-11)17(18)15-10-19-16-6-4-3-5-14(15)16/h3-6,10-13,17H,7-9,18H2,1-2H3. The molecule has 1 aliphatic rings. The molecule has 1 fully saturated rings. The second-order valence-electron chi connectivity index (χ2n) is 6.39. The van der Waals surface area contributed by atoms with Gasteiger partial charge in [-0.05, 0) is 59.4 Å². The molecular formula is C17H23NS. The molecule has 0 bridgehead atoms. The third kappa shape index (κ3) is 2.56. The van der Waals surface area contributed by atoms with E-state index in [1.807, 2.05) is 11.3 Å². The van der Waals surface area contributed by atoms with Gasteiger partial charge in [0.1, 0.15) is 0 Å². The number of hydrogen-bond acceptors (Lipinski definition) is 2. The third-order valence-corrected chi connectivity index (χ3v) is 5.57. The van der Waals surface area contributed by atoms with Gasteiger partial charge in [-0.2, -0.15) is 0 Å². The van der Waals surface area contributed by atoms with Crippen molar-refractivity contribution in [2.24, 2.45) is 23.5 Å². The van der Waals surface area contributed by atoms with E-state index in [0.29, 0.717) is 5.92 Å². The predicted molar refractivity (Wildman–Crippen MR) is 84.4 cm³/mol. The van der Waals surface area contributed by atoms with Gasteiger partial charge in [-0.25, -0.2) is 0 Å². The van der Waals surface area contributed by atoms with Crippen LogP contribution in [0.5, 0.6) is 0 Å². The van der Waals surface area contributed by atoms with Crippen molar-refractivity contribution in [2.75, 3.05) is 0 Å². The molecule has 0 spiro atoms. The summed E-state index contributed by atoms with van der Waals surface area (Å²) >= 11 is 1.83. The number of thiophene rings is 1. The van der Waals surface area contributed by atoms with Crippen molar-refractivity contribution in [1.29, 1.82) is 0 Å². The summed E-state index contributed by atoms with van der Waals surface area (Å²) < 4.78 is 1.37. The van der Waals surface area contributed by atoms with Crippen molar-refractivity contribution < 1.29 is 0 Å². The van der Waals surface area contributed by atoms with Crippen LogP contribution in [0.25, 0.3) is 10.1 Å². The van der Waals surface area contributed by atoms with Gasteiger partial charge in [0.2, 0.25) is 0 Å². The molecule has 1 aromatic carbocycles. The lowest BCUT2D eigenvalue weighted by Crippen LogP contribution is -2.29. The Morgan fingerprint density at radius 1 is 1.11 bits per heavy atom. The molecule has 1 nitrogen and oxygen atoms in total. The van der Waals surface area contributed by atoms with E-state index in [4.69, 9.17) is 5.73 Å². The molecule has 19 heavy (non-hydrogen) atoms. The molecule has 1 aromatic heterocycles. The number of nitrogens with two attached hydrogens (primary N) is 1. The minimum Gasteiger partial charge on any atom is -0.324 e. The van der Waals surface area contributed by atoms with Crippen molar-refractivity contribution in [1.82, 2.24) is 0 Å². The molecule has 102 valence electrons. The van der Waals surface area contributed by atoms with Crippen LogP contribution in [0, 0.1) is 17.8 Å². The molecule has 0 saturated heterocycles. The number of benzene rings is 1. The van der Waals surface area contributed by atoms with E-state index >= 15 is 0 Å². The molecular weight excluding hydrogens is 250 g/mol. The van der Waals surface area contributed by atoms with Crippen molar-refractivity contribution in [3.63, 3.8) is 0 Å². The molecule has 1 saturated carbocycles. The van der Waals surface area contributed by atoms with Crippen LogP contribution >= 0.6 is 11.3 Å². The zero-order valence-corrected chi connectivity index (χ0v) is 12.6. The Labute approximate surface area is 119 Å². The van der Waals surface area contributed by atoms with Crippen LogP contribution < -0.4 is 5.73 Å². The van der Waals surface area contributed by atoms with Crippen molar-refractivity contribution in [3.05, 3.63) is 35.2 Å². The molecule has 0 amide bonds. The molecule has 3 unspecified atom stereocenters. The van der Waals surface area contributed by atoms with E-state index in [1.54, 1.807) is 0 Å². The zero-order valence-electron chi connectivity index (χ0n) is 11.8. The molecule has 2 aromatic rings. The van der Waals surface area contributed by atoms with Gasteiger partial charge in [0, 0.05) is 10.7 Å². The Bertz CT molecular complexity index is 549. The summed E-state index contributed by atoms with van der Waals surface area (Å²) in [7, 11) is 0. The lowest BCUT2D eigenvalue weighted by Gasteiger charge is -2.35. The normalized spacial score (nSPS) is 29.5. The fourth-order valence-corrected chi connectivity index (χ4v) is 4.82. The topological polar surface area (TPSA) is 26.0 Å². The van der Waals surface area contributed by atoms with E-state index in [-0.39, 0.29) is 6.04 Å². The van der Waals surface area contributed by atoms with Crippen molar-refractivity contribution in [3.8, 4) is 0 Å². The van der Waals surface area contributed by atoms with E-state index < -0.39 is 0 Å². The van der Waals surface area contributed by atoms with E-state index in [2.05, 4.69) is 43.5 Å². The largest absolute Gasteiger partial charge is 0.324 e. The number of rotatable bonds is 2. The average molecular weight is 273 g/mol. The fraction of sp³-hybridized carbons (Fsp3) is 0.529. The maximum absolute atomic E-state index is 6.61. The summed E-state index contributed by atoms with van der Waals surface area (Å²) in [6.45, 7) is 4.75. The first-order chi connectivity index (χ1) is 9.15. The molecule has 3 atom stereocenters. The van der Waals surface area contributed by atoms with Gasteiger partial charge in [-0.15, -0.1) is 11.3 Å². The molecule has 0 radical (unpaired) electrons. The van der Waals surface area contributed by atoms with Crippen LogP contribution in [-0.2, 0) is 0 Å². The van der Waals surface area contributed by atoms with Crippen LogP contribution in [0.3, 0.4) is 0 Å². The maximum Gasteiger partial charge on any atom is 0.0346 e. The Hall–Kier alpha value is -0.860. The highest BCUT2D eigenvalue weighted by atomic mass is 32.1. The monoisotopic (exact) mass is 273 g/mol. The van der Waals surface area contributed by atoms with Gasteiger partial charge in [-0.1, -0.05) is 32.0 Å². The summed E-state index contributed by atoms with van der Waals surface area (Å²) in [6.07, 6.45) is 3.94. The minimum atomic E-state index is 0.210.